The predicted molar refractivity (Wildman–Crippen MR) is 74.0 cm³/mol. The van der Waals surface area contributed by atoms with Crippen molar-refractivity contribution in [3.05, 3.63) is 41.5 Å². The number of hydrogen-bond donors (Lipinski definition) is 1. The zero-order valence-electron chi connectivity index (χ0n) is 11.4. The molecule has 6 nitrogen and oxygen atoms in total. The lowest BCUT2D eigenvalue weighted by Gasteiger charge is -2.22. The van der Waals surface area contributed by atoms with E-state index in [1.165, 1.54) is 0 Å². The van der Waals surface area contributed by atoms with Crippen molar-refractivity contribution in [3.63, 3.8) is 0 Å². The quantitative estimate of drug-likeness (QED) is 0.925. The average Bonchev–Trinajstić information content (AvgIpc) is 3.12. The van der Waals surface area contributed by atoms with Gasteiger partial charge in [-0.15, -0.1) is 0 Å². The summed E-state index contributed by atoms with van der Waals surface area (Å²) in [6.45, 7) is 0.365. The molecule has 0 amide bonds. The Hall–Kier alpha value is -2.37. The molecule has 4 rings (SSSR count). The fourth-order valence-electron chi connectivity index (χ4n) is 2.85. The van der Waals surface area contributed by atoms with Crippen molar-refractivity contribution < 1.29 is 14.4 Å². The number of rotatable bonds is 4. The molecule has 1 unspecified atom stereocenters. The SMILES string of the molecule is O=C(O)C1Cc2ccccc2N1Cc1noc(C2CC2)n1. The fraction of sp³-hybridized carbons (Fsp3) is 0.400. The van der Waals surface area contributed by atoms with Crippen molar-refractivity contribution in [1.82, 2.24) is 10.1 Å². The molecule has 1 fully saturated rings. The van der Waals surface area contributed by atoms with Crippen LogP contribution >= 0.6 is 0 Å². The van der Waals surface area contributed by atoms with Crippen molar-refractivity contribution in [2.45, 2.75) is 37.8 Å². The van der Waals surface area contributed by atoms with Gasteiger partial charge in [0.05, 0.1) is 6.54 Å². The molecule has 1 aromatic heterocycles. The second kappa shape index (κ2) is 4.58. The first-order chi connectivity index (χ1) is 10.2. The van der Waals surface area contributed by atoms with E-state index in [1.807, 2.05) is 29.2 Å². The Bertz CT molecular complexity index is 693. The molecule has 108 valence electrons. The molecule has 2 aromatic rings. The van der Waals surface area contributed by atoms with Gasteiger partial charge in [0.1, 0.15) is 6.04 Å². The van der Waals surface area contributed by atoms with Crippen LogP contribution in [0.4, 0.5) is 5.69 Å². The zero-order chi connectivity index (χ0) is 14.4. The van der Waals surface area contributed by atoms with E-state index in [0.717, 1.165) is 24.1 Å². The Balaban J connectivity index is 1.62. The van der Waals surface area contributed by atoms with Crippen LogP contribution in [0.5, 0.6) is 0 Å². The van der Waals surface area contributed by atoms with Gasteiger partial charge in [0.2, 0.25) is 5.89 Å². The van der Waals surface area contributed by atoms with Gasteiger partial charge < -0.3 is 14.5 Å². The summed E-state index contributed by atoms with van der Waals surface area (Å²) >= 11 is 0. The van der Waals surface area contributed by atoms with Crippen molar-refractivity contribution in [2.24, 2.45) is 0 Å². The minimum atomic E-state index is -0.822. The van der Waals surface area contributed by atoms with Crippen molar-refractivity contribution in [1.29, 1.82) is 0 Å². The molecule has 2 aliphatic rings. The molecule has 1 atom stereocenters. The lowest BCUT2D eigenvalue weighted by Crippen LogP contribution is -2.38. The van der Waals surface area contributed by atoms with Gasteiger partial charge >= 0.3 is 5.97 Å². The van der Waals surface area contributed by atoms with E-state index in [0.29, 0.717) is 30.6 Å². The van der Waals surface area contributed by atoms with Crippen LogP contribution < -0.4 is 4.90 Å². The Labute approximate surface area is 121 Å². The number of carbonyl (C=O) groups is 1. The zero-order valence-corrected chi connectivity index (χ0v) is 11.4. The van der Waals surface area contributed by atoms with Gasteiger partial charge in [-0.3, -0.25) is 0 Å². The third kappa shape index (κ3) is 2.16. The van der Waals surface area contributed by atoms with Gasteiger partial charge in [-0.1, -0.05) is 23.4 Å². The molecule has 21 heavy (non-hydrogen) atoms. The van der Waals surface area contributed by atoms with Crippen LogP contribution in [0.3, 0.4) is 0 Å². The molecule has 0 saturated heterocycles. The first-order valence-corrected chi connectivity index (χ1v) is 7.12. The Kier molecular flexibility index (Phi) is 2.70. The molecule has 1 aliphatic heterocycles. The van der Waals surface area contributed by atoms with Crippen LogP contribution in [-0.2, 0) is 17.8 Å². The summed E-state index contributed by atoms with van der Waals surface area (Å²) in [6.07, 6.45) is 2.72. The number of carboxylic acids is 1. The molecular weight excluding hydrogens is 270 g/mol. The van der Waals surface area contributed by atoms with Crippen LogP contribution in [0.2, 0.25) is 0 Å². The largest absolute Gasteiger partial charge is 0.480 e. The number of hydrogen-bond acceptors (Lipinski definition) is 5. The van der Waals surface area contributed by atoms with Gasteiger partial charge in [0.25, 0.3) is 0 Å². The van der Waals surface area contributed by atoms with Gasteiger partial charge in [-0.25, -0.2) is 4.79 Å². The highest BCUT2D eigenvalue weighted by atomic mass is 16.5. The van der Waals surface area contributed by atoms with E-state index < -0.39 is 12.0 Å². The van der Waals surface area contributed by atoms with Crippen molar-refractivity contribution in [2.75, 3.05) is 4.90 Å². The van der Waals surface area contributed by atoms with E-state index >= 15 is 0 Å². The van der Waals surface area contributed by atoms with Crippen LogP contribution in [0.15, 0.2) is 28.8 Å². The summed E-state index contributed by atoms with van der Waals surface area (Å²) in [5.74, 6) is 0.828. The van der Waals surface area contributed by atoms with Gasteiger partial charge in [0, 0.05) is 18.0 Å². The third-order valence-electron chi connectivity index (χ3n) is 4.10. The predicted octanol–water partition coefficient (Wildman–Crippen LogP) is 1.96. The summed E-state index contributed by atoms with van der Waals surface area (Å²) in [5.41, 5.74) is 2.00. The molecule has 6 heteroatoms. The lowest BCUT2D eigenvalue weighted by molar-refractivity contribution is -0.138. The number of nitrogens with zero attached hydrogens (tertiary/aromatic N) is 3. The molecular formula is C15H15N3O3. The number of benzene rings is 1. The number of fused-ring (bicyclic) bond motifs is 1. The summed E-state index contributed by atoms with van der Waals surface area (Å²) in [6, 6.07) is 7.20. The second-order valence-electron chi connectivity index (χ2n) is 5.64. The minimum absolute atomic E-state index is 0.365. The van der Waals surface area contributed by atoms with Crippen LogP contribution in [-0.4, -0.2) is 27.3 Å². The van der Waals surface area contributed by atoms with Crippen molar-refractivity contribution >= 4 is 11.7 Å². The highest BCUT2D eigenvalue weighted by Gasteiger charge is 2.35. The molecule has 1 saturated carbocycles. The monoisotopic (exact) mass is 285 g/mol. The molecule has 0 spiro atoms. The molecule has 0 radical (unpaired) electrons. The van der Waals surface area contributed by atoms with E-state index in [2.05, 4.69) is 10.1 Å². The maximum Gasteiger partial charge on any atom is 0.326 e. The summed E-state index contributed by atoms with van der Waals surface area (Å²) in [7, 11) is 0. The van der Waals surface area contributed by atoms with Crippen molar-refractivity contribution in [3.8, 4) is 0 Å². The van der Waals surface area contributed by atoms with E-state index in [-0.39, 0.29) is 0 Å². The summed E-state index contributed by atoms with van der Waals surface area (Å²) < 4.78 is 5.25. The first kappa shape index (κ1) is 12.4. The molecule has 1 aromatic carbocycles. The van der Waals surface area contributed by atoms with Crippen LogP contribution in [0, 0.1) is 0 Å². The average molecular weight is 285 g/mol. The Morgan fingerprint density at radius 3 is 2.95 bits per heavy atom. The number of aliphatic carboxylic acids is 1. The highest BCUT2D eigenvalue weighted by molar-refractivity contribution is 5.82. The van der Waals surface area contributed by atoms with Crippen LogP contribution in [0.1, 0.15) is 36.0 Å². The highest BCUT2D eigenvalue weighted by Crippen LogP contribution is 2.39. The fourth-order valence-corrected chi connectivity index (χ4v) is 2.85. The molecule has 1 N–H and O–H groups in total. The number of carboxylic acid groups (broad SMARTS) is 1. The summed E-state index contributed by atoms with van der Waals surface area (Å²) in [5, 5.41) is 13.4. The van der Waals surface area contributed by atoms with Gasteiger partial charge in [0.15, 0.2) is 5.82 Å². The maximum absolute atomic E-state index is 11.5. The Morgan fingerprint density at radius 2 is 2.19 bits per heavy atom. The lowest BCUT2D eigenvalue weighted by atomic mass is 10.1. The Morgan fingerprint density at radius 1 is 1.38 bits per heavy atom. The topological polar surface area (TPSA) is 79.5 Å². The van der Waals surface area contributed by atoms with Gasteiger partial charge in [-0.2, -0.15) is 4.98 Å². The van der Waals surface area contributed by atoms with Crippen LogP contribution in [0.25, 0.3) is 0 Å². The smallest absolute Gasteiger partial charge is 0.326 e. The molecule has 1 aliphatic carbocycles. The second-order valence-corrected chi connectivity index (χ2v) is 5.64. The van der Waals surface area contributed by atoms with E-state index in [1.54, 1.807) is 0 Å². The van der Waals surface area contributed by atoms with Gasteiger partial charge in [-0.05, 0) is 24.5 Å². The van der Waals surface area contributed by atoms with E-state index in [9.17, 15) is 9.90 Å². The number of aromatic nitrogens is 2. The molecule has 0 bridgehead atoms. The normalized spacial score (nSPS) is 20.6. The molecule has 2 heterocycles. The standard InChI is InChI=1S/C15H15N3O3/c19-15(20)12-7-10-3-1-2-4-11(10)18(12)8-13-16-14(21-17-13)9-5-6-9/h1-4,9,12H,5-8H2,(H,19,20). The number of anilines is 1. The maximum atomic E-state index is 11.5. The minimum Gasteiger partial charge on any atom is -0.480 e. The number of para-hydroxylation sites is 1. The van der Waals surface area contributed by atoms with E-state index in [4.69, 9.17) is 4.52 Å². The summed E-state index contributed by atoms with van der Waals surface area (Å²) in [4.78, 5) is 17.7. The third-order valence-corrected chi connectivity index (χ3v) is 4.10. The first-order valence-electron chi connectivity index (χ1n) is 7.12.